The topological polar surface area (TPSA) is 63.9 Å². The Morgan fingerprint density at radius 1 is 1.53 bits per heavy atom. The minimum absolute atomic E-state index is 0.110. The standard InChI is InChI=1S/C10H12BrN3O/c1-5(12)10-13-7-4-3-6(11)9(15-2)8(7)14-10/h3-5H,12H2,1-2H3,(H,13,14)/t5-/m1/s1. The summed E-state index contributed by atoms with van der Waals surface area (Å²) in [4.78, 5) is 7.57. The molecule has 4 nitrogen and oxygen atoms in total. The van der Waals surface area contributed by atoms with Gasteiger partial charge in [0.2, 0.25) is 0 Å². The molecule has 1 atom stereocenters. The molecule has 0 spiro atoms. The van der Waals surface area contributed by atoms with Crippen molar-refractivity contribution in [2.45, 2.75) is 13.0 Å². The number of hydrogen-bond acceptors (Lipinski definition) is 3. The number of nitrogens with one attached hydrogen (secondary N) is 1. The number of imidazole rings is 1. The number of nitrogens with zero attached hydrogens (tertiary/aromatic N) is 1. The third-order valence-electron chi connectivity index (χ3n) is 2.21. The molecular weight excluding hydrogens is 258 g/mol. The van der Waals surface area contributed by atoms with E-state index in [1.165, 1.54) is 0 Å². The average Bonchev–Trinajstić information content (AvgIpc) is 2.61. The second-order valence-electron chi connectivity index (χ2n) is 3.39. The summed E-state index contributed by atoms with van der Waals surface area (Å²) < 4.78 is 6.17. The number of benzene rings is 1. The highest BCUT2D eigenvalue weighted by Crippen LogP contribution is 2.32. The van der Waals surface area contributed by atoms with Gasteiger partial charge in [0, 0.05) is 0 Å². The largest absolute Gasteiger partial charge is 0.493 e. The van der Waals surface area contributed by atoms with Crippen LogP contribution in [0.3, 0.4) is 0 Å². The number of nitrogens with two attached hydrogens (primary N) is 1. The first-order valence-electron chi connectivity index (χ1n) is 4.61. The SMILES string of the molecule is COc1c(Br)ccc2[nH]c([C@@H](C)N)nc12. The predicted octanol–water partition coefficient (Wildman–Crippen LogP) is 2.35. The van der Waals surface area contributed by atoms with E-state index < -0.39 is 0 Å². The van der Waals surface area contributed by atoms with Gasteiger partial charge in [0.25, 0.3) is 0 Å². The van der Waals surface area contributed by atoms with Crippen LogP contribution in [-0.4, -0.2) is 17.1 Å². The second-order valence-corrected chi connectivity index (χ2v) is 4.24. The Kier molecular flexibility index (Phi) is 2.67. The summed E-state index contributed by atoms with van der Waals surface area (Å²) in [6, 6.07) is 3.76. The molecule has 3 N–H and O–H groups in total. The van der Waals surface area contributed by atoms with Crippen molar-refractivity contribution < 1.29 is 4.74 Å². The number of hydrogen-bond donors (Lipinski definition) is 2. The Hall–Kier alpha value is -1.07. The number of halogens is 1. The molecular formula is C10H12BrN3O. The van der Waals surface area contributed by atoms with Gasteiger partial charge < -0.3 is 15.5 Å². The Morgan fingerprint density at radius 2 is 2.27 bits per heavy atom. The normalized spacial score (nSPS) is 13.1. The van der Waals surface area contributed by atoms with Crippen LogP contribution < -0.4 is 10.5 Å². The fraction of sp³-hybridized carbons (Fsp3) is 0.300. The molecule has 0 aliphatic heterocycles. The number of aromatic nitrogens is 2. The first-order chi connectivity index (χ1) is 7.13. The van der Waals surface area contributed by atoms with Gasteiger partial charge in [0.15, 0.2) is 5.75 Å². The zero-order valence-electron chi connectivity index (χ0n) is 8.54. The van der Waals surface area contributed by atoms with Gasteiger partial charge in [0.1, 0.15) is 11.3 Å². The van der Waals surface area contributed by atoms with Crippen molar-refractivity contribution in [3.63, 3.8) is 0 Å². The van der Waals surface area contributed by atoms with E-state index >= 15 is 0 Å². The molecule has 1 aromatic heterocycles. The summed E-state index contributed by atoms with van der Waals surface area (Å²) in [5, 5.41) is 0. The number of H-pyrrole nitrogens is 1. The third kappa shape index (κ3) is 1.72. The molecule has 0 unspecified atom stereocenters. The second kappa shape index (κ2) is 3.83. The van der Waals surface area contributed by atoms with Gasteiger partial charge in [-0.2, -0.15) is 0 Å². The molecule has 0 fully saturated rings. The van der Waals surface area contributed by atoms with Crippen molar-refractivity contribution in [1.82, 2.24) is 9.97 Å². The zero-order valence-corrected chi connectivity index (χ0v) is 10.1. The Balaban J connectivity index is 2.70. The van der Waals surface area contributed by atoms with E-state index in [4.69, 9.17) is 10.5 Å². The smallest absolute Gasteiger partial charge is 0.160 e. The number of rotatable bonds is 2. The van der Waals surface area contributed by atoms with Crippen molar-refractivity contribution in [1.29, 1.82) is 0 Å². The van der Waals surface area contributed by atoms with Crippen LogP contribution in [-0.2, 0) is 0 Å². The summed E-state index contributed by atoms with van der Waals surface area (Å²) in [5.41, 5.74) is 7.50. The molecule has 0 radical (unpaired) electrons. The molecule has 0 aliphatic rings. The van der Waals surface area contributed by atoms with E-state index in [-0.39, 0.29) is 6.04 Å². The van der Waals surface area contributed by atoms with E-state index in [1.807, 2.05) is 19.1 Å². The molecule has 2 aromatic rings. The fourth-order valence-electron chi connectivity index (χ4n) is 1.45. The zero-order chi connectivity index (χ0) is 11.0. The summed E-state index contributed by atoms with van der Waals surface area (Å²) in [5.74, 6) is 1.50. The first-order valence-corrected chi connectivity index (χ1v) is 5.40. The maximum absolute atomic E-state index is 5.76. The van der Waals surface area contributed by atoms with E-state index in [1.54, 1.807) is 7.11 Å². The Bertz CT molecular complexity index is 493. The van der Waals surface area contributed by atoms with Crippen LogP contribution >= 0.6 is 15.9 Å². The number of aromatic amines is 1. The Morgan fingerprint density at radius 3 is 2.87 bits per heavy atom. The summed E-state index contributed by atoms with van der Waals surface area (Å²) in [6.45, 7) is 1.89. The Labute approximate surface area is 96.0 Å². The summed E-state index contributed by atoms with van der Waals surface area (Å²) in [7, 11) is 1.62. The predicted molar refractivity (Wildman–Crippen MR) is 62.9 cm³/mol. The van der Waals surface area contributed by atoms with Crippen molar-refractivity contribution in [3.05, 3.63) is 22.4 Å². The molecule has 0 saturated heterocycles. The molecule has 0 saturated carbocycles. The van der Waals surface area contributed by atoms with Crippen molar-refractivity contribution in [2.75, 3.05) is 7.11 Å². The van der Waals surface area contributed by atoms with E-state index in [9.17, 15) is 0 Å². The lowest BCUT2D eigenvalue weighted by atomic mass is 10.3. The van der Waals surface area contributed by atoms with E-state index in [0.717, 1.165) is 27.1 Å². The molecule has 0 aliphatic carbocycles. The van der Waals surface area contributed by atoms with Gasteiger partial charge in [-0.25, -0.2) is 4.98 Å². The highest BCUT2D eigenvalue weighted by Gasteiger charge is 2.12. The van der Waals surface area contributed by atoms with Crippen molar-refractivity contribution in [2.24, 2.45) is 5.73 Å². The highest BCUT2D eigenvalue weighted by molar-refractivity contribution is 9.10. The first kappa shape index (κ1) is 10.4. The maximum Gasteiger partial charge on any atom is 0.160 e. The van der Waals surface area contributed by atoms with Gasteiger partial charge >= 0.3 is 0 Å². The van der Waals surface area contributed by atoms with Crippen LogP contribution in [0.1, 0.15) is 18.8 Å². The van der Waals surface area contributed by atoms with Crippen LogP contribution in [0.4, 0.5) is 0 Å². The van der Waals surface area contributed by atoms with Gasteiger partial charge in [-0.15, -0.1) is 0 Å². The number of methoxy groups -OCH3 is 1. The average molecular weight is 270 g/mol. The summed E-state index contributed by atoms with van der Waals surface area (Å²) in [6.07, 6.45) is 0. The minimum atomic E-state index is -0.110. The van der Waals surface area contributed by atoms with Crippen molar-refractivity contribution in [3.8, 4) is 5.75 Å². The molecule has 5 heteroatoms. The van der Waals surface area contributed by atoms with Gasteiger partial charge in [-0.1, -0.05) is 0 Å². The molecule has 0 amide bonds. The lowest BCUT2D eigenvalue weighted by Crippen LogP contribution is -2.06. The quantitative estimate of drug-likeness (QED) is 0.880. The number of ether oxygens (including phenoxy) is 1. The molecule has 1 aromatic carbocycles. The highest BCUT2D eigenvalue weighted by atomic mass is 79.9. The molecule has 2 rings (SSSR count). The third-order valence-corrected chi connectivity index (χ3v) is 2.84. The van der Waals surface area contributed by atoms with E-state index in [2.05, 4.69) is 25.9 Å². The van der Waals surface area contributed by atoms with Crippen LogP contribution in [0.2, 0.25) is 0 Å². The minimum Gasteiger partial charge on any atom is -0.493 e. The molecule has 15 heavy (non-hydrogen) atoms. The lowest BCUT2D eigenvalue weighted by molar-refractivity contribution is 0.416. The maximum atomic E-state index is 5.76. The molecule has 1 heterocycles. The van der Waals surface area contributed by atoms with Gasteiger partial charge in [-0.3, -0.25) is 0 Å². The van der Waals surface area contributed by atoms with Crippen LogP contribution in [0, 0.1) is 0 Å². The van der Waals surface area contributed by atoms with Crippen LogP contribution in [0.25, 0.3) is 11.0 Å². The van der Waals surface area contributed by atoms with Crippen molar-refractivity contribution >= 4 is 27.0 Å². The lowest BCUT2D eigenvalue weighted by Gasteiger charge is -2.02. The van der Waals surface area contributed by atoms with Gasteiger partial charge in [-0.05, 0) is 35.0 Å². The number of fused-ring (bicyclic) bond motifs is 1. The van der Waals surface area contributed by atoms with Crippen LogP contribution in [0.5, 0.6) is 5.75 Å². The monoisotopic (exact) mass is 269 g/mol. The van der Waals surface area contributed by atoms with Crippen LogP contribution in [0.15, 0.2) is 16.6 Å². The molecule has 80 valence electrons. The van der Waals surface area contributed by atoms with Gasteiger partial charge in [0.05, 0.1) is 23.1 Å². The fourth-order valence-corrected chi connectivity index (χ4v) is 1.94. The molecule has 0 bridgehead atoms. The van der Waals surface area contributed by atoms with E-state index in [0.29, 0.717) is 0 Å². The summed E-state index contributed by atoms with van der Waals surface area (Å²) >= 11 is 3.41.